The Labute approximate surface area is 185 Å². The Bertz CT molecular complexity index is 1220. The summed E-state index contributed by atoms with van der Waals surface area (Å²) in [5.74, 6) is 0.00786. The quantitative estimate of drug-likeness (QED) is 0.490. The van der Waals surface area contributed by atoms with Crippen LogP contribution in [0.2, 0.25) is 0 Å². The highest BCUT2D eigenvalue weighted by molar-refractivity contribution is 9.10. The largest absolute Gasteiger partial charge is 0.434 e. The highest BCUT2D eigenvalue weighted by Crippen LogP contribution is 2.35. The van der Waals surface area contributed by atoms with Crippen molar-refractivity contribution in [1.29, 1.82) is 0 Å². The van der Waals surface area contributed by atoms with E-state index in [1.807, 2.05) is 0 Å². The molecule has 0 saturated heterocycles. The number of rotatable bonds is 6. The highest BCUT2D eigenvalue weighted by Gasteiger charge is 2.36. The van der Waals surface area contributed by atoms with Gasteiger partial charge in [0.15, 0.2) is 11.1 Å². The number of halogens is 4. The van der Waals surface area contributed by atoms with Crippen molar-refractivity contribution in [3.05, 3.63) is 75.8 Å². The normalized spacial score (nSPS) is 13.1. The lowest BCUT2D eigenvalue weighted by Crippen LogP contribution is -2.29. The van der Waals surface area contributed by atoms with E-state index in [0.29, 0.717) is 4.47 Å². The van der Waals surface area contributed by atoms with Gasteiger partial charge in [0.2, 0.25) is 16.2 Å². The van der Waals surface area contributed by atoms with Gasteiger partial charge in [0.1, 0.15) is 5.82 Å². The molecule has 0 radical (unpaired) electrons. The first kappa shape index (κ1) is 23.0. The van der Waals surface area contributed by atoms with Gasteiger partial charge in [-0.05, 0) is 44.2 Å². The van der Waals surface area contributed by atoms with Crippen molar-refractivity contribution in [2.45, 2.75) is 30.3 Å². The zero-order chi connectivity index (χ0) is 23.0. The number of alkyl halides is 3. The molecular formula is C20H17BrF3N3O3S. The number of amides is 1. The van der Waals surface area contributed by atoms with Crippen molar-refractivity contribution in [3.63, 3.8) is 0 Å². The summed E-state index contributed by atoms with van der Waals surface area (Å²) in [6.07, 6.45) is -3.64. The molecule has 0 bridgehead atoms. The number of carbonyl (C=O) groups is 1. The predicted octanol–water partition coefficient (Wildman–Crippen LogP) is 4.49. The SMILES string of the molecule is Cc1ccc(S(=O)(=O)C(NC=O)c2cc(Br)ccc2-n2cc(C(F)(F)F)nc2C)cc1. The van der Waals surface area contributed by atoms with Crippen molar-refractivity contribution < 1.29 is 26.4 Å². The Kier molecular flexibility index (Phi) is 6.28. The number of sulfone groups is 1. The van der Waals surface area contributed by atoms with Crippen molar-refractivity contribution in [1.82, 2.24) is 14.9 Å². The number of hydrogen-bond acceptors (Lipinski definition) is 4. The number of aromatic nitrogens is 2. The van der Waals surface area contributed by atoms with Gasteiger partial charge in [0, 0.05) is 16.2 Å². The molecule has 0 aliphatic heterocycles. The molecule has 1 unspecified atom stereocenters. The summed E-state index contributed by atoms with van der Waals surface area (Å²) in [6.45, 7) is 3.17. The molecular weight excluding hydrogens is 499 g/mol. The van der Waals surface area contributed by atoms with Crippen LogP contribution in [-0.4, -0.2) is 24.4 Å². The van der Waals surface area contributed by atoms with E-state index in [-0.39, 0.29) is 28.4 Å². The molecule has 1 aromatic heterocycles. The molecule has 0 aliphatic carbocycles. The molecule has 1 atom stereocenters. The standard InChI is InChI=1S/C20H17BrF3N3O3S/c1-12-3-6-15(7-4-12)31(29,30)19(25-11-28)16-9-14(21)5-8-17(16)27-10-18(20(22,23)24)26-13(27)2/h3-11,19H,1-2H3,(H,25,28). The van der Waals surface area contributed by atoms with Gasteiger partial charge >= 0.3 is 6.18 Å². The molecule has 164 valence electrons. The van der Waals surface area contributed by atoms with E-state index < -0.39 is 27.1 Å². The second kappa shape index (κ2) is 8.46. The molecule has 6 nitrogen and oxygen atoms in total. The minimum absolute atomic E-state index is 0.00786. The van der Waals surface area contributed by atoms with Gasteiger partial charge in [-0.2, -0.15) is 13.2 Å². The van der Waals surface area contributed by atoms with E-state index in [1.165, 1.54) is 31.2 Å². The Morgan fingerprint density at radius 2 is 1.77 bits per heavy atom. The van der Waals surface area contributed by atoms with Crippen molar-refractivity contribution in [2.24, 2.45) is 0 Å². The third-order valence-corrected chi connectivity index (χ3v) is 7.02. The van der Waals surface area contributed by atoms with E-state index in [2.05, 4.69) is 26.2 Å². The number of benzene rings is 2. The van der Waals surface area contributed by atoms with Crippen LogP contribution in [0, 0.1) is 13.8 Å². The molecule has 31 heavy (non-hydrogen) atoms. The maximum Gasteiger partial charge on any atom is 0.434 e. The Hall–Kier alpha value is -2.66. The van der Waals surface area contributed by atoms with Crippen LogP contribution in [0.3, 0.4) is 0 Å². The molecule has 1 heterocycles. The predicted molar refractivity (Wildman–Crippen MR) is 111 cm³/mol. The molecule has 0 aliphatic rings. The fourth-order valence-electron chi connectivity index (χ4n) is 3.08. The Morgan fingerprint density at radius 1 is 1.13 bits per heavy atom. The summed E-state index contributed by atoms with van der Waals surface area (Å²) in [5.41, 5.74) is -0.0501. The van der Waals surface area contributed by atoms with Crippen LogP contribution in [0.4, 0.5) is 13.2 Å². The fourth-order valence-corrected chi connectivity index (χ4v) is 5.00. The number of imidazole rings is 1. The highest BCUT2D eigenvalue weighted by atomic mass is 79.9. The average molecular weight is 516 g/mol. The lowest BCUT2D eigenvalue weighted by Gasteiger charge is -2.22. The second-order valence-electron chi connectivity index (χ2n) is 6.77. The van der Waals surface area contributed by atoms with Gasteiger partial charge in [-0.3, -0.25) is 4.79 Å². The van der Waals surface area contributed by atoms with Gasteiger partial charge in [-0.1, -0.05) is 33.6 Å². The lowest BCUT2D eigenvalue weighted by molar-refractivity contribution is -0.141. The summed E-state index contributed by atoms with van der Waals surface area (Å²) in [4.78, 5) is 14.8. The zero-order valence-electron chi connectivity index (χ0n) is 16.3. The number of nitrogens with zero attached hydrogens (tertiary/aromatic N) is 2. The van der Waals surface area contributed by atoms with Crippen LogP contribution in [0.15, 0.2) is 58.0 Å². The van der Waals surface area contributed by atoms with Gasteiger partial charge < -0.3 is 9.88 Å². The zero-order valence-corrected chi connectivity index (χ0v) is 18.7. The van der Waals surface area contributed by atoms with Crippen LogP contribution >= 0.6 is 15.9 Å². The van der Waals surface area contributed by atoms with E-state index in [1.54, 1.807) is 25.1 Å². The van der Waals surface area contributed by atoms with Crippen molar-refractivity contribution >= 4 is 32.2 Å². The first-order chi connectivity index (χ1) is 14.4. The van der Waals surface area contributed by atoms with Gasteiger partial charge in [-0.25, -0.2) is 13.4 Å². The van der Waals surface area contributed by atoms with Gasteiger partial charge in [0.25, 0.3) is 0 Å². The van der Waals surface area contributed by atoms with E-state index in [9.17, 15) is 26.4 Å². The monoisotopic (exact) mass is 515 g/mol. The first-order valence-corrected chi connectivity index (χ1v) is 11.2. The minimum Gasteiger partial charge on any atom is -0.338 e. The van der Waals surface area contributed by atoms with E-state index in [0.717, 1.165) is 16.3 Å². The van der Waals surface area contributed by atoms with Crippen LogP contribution in [-0.2, 0) is 20.8 Å². The lowest BCUT2D eigenvalue weighted by atomic mass is 10.1. The van der Waals surface area contributed by atoms with Crippen LogP contribution < -0.4 is 5.32 Å². The number of nitrogens with one attached hydrogen (secondary N) is 1. The Balaban J connectivity index is 2.23. The van der Waals surface area contributed by atoms with Gasteiger partial charge in [0.05, 0.1) is 10.6 Å². The van der Waals surface area contributed by atoms with Gasteiger partial charge in [-0.15, -0.1) is 0 Å². The summed E-state index contributed by atoms with van der Waals surface area (Å²) in [6, 6.07) is 10.5. The molecule has 1 amide bonds. The summed E-state index contributed by atoms with van der Waals surface area (Å²) in [5, 5.41) is 0.756. The van der Waals surface area contributed by atoms with Crippen LogP contribution in [0.25, 0.3) is 5.69 Å². The fraction of sp³-hybridized carbons (Fsp3) is 0.200. The second-order valence-corrected chi connectivity index (χ2v) is 9.72. The minimum atomic E-state index is -4.67. The summed E-state index contributed by atoms with van der Waals surface area (Å²) in [7, 11) is -4.13. The van der Waals surface area contributed by atoms with Crippen LogP contribution in [0.5, 0.6) is 0 Å². The molecule has 1 N–H and O–H groups in total. The third-order valence-electron chi connectivity index (χ3n) is 4.58. The number of carbonyl (C=O) groups excluding carboxylic acids is 1. The molecule has 11 heteroatoms. The molecule has 0 fully saturated rings. The van der Waals surface area contributed by atoms with Crippen molar-refractivity contribution in [2.75, 3.05) is 0 Å². The molecule has 0 saturated carbocycles. The third kappa shape index (κ3) is 4.67. The molecule has 2 aromatic carbocycles. The first-order valence-electron chi connectivity index (χ1n) is 8.88. The maximum atomic E-state index is 13.3. The number of hydrogen-bond donors (Lipinski definition) is 1. The topological polar surface area (TPSA) is 81.1 Å². The van der Waals surface area contributed by atoms with Crippen molar-refractivity contribution in [3.8, 4) is 5.69 Å². The Morgan fingerprint density at radius 3 is 2.32 bits per heavy atom. The molecule has 3 aromatic rings. The summed E-state index contributed by atoms with van der Waals surface area (Å²) < 4.78 is 67.7. The molecule has 3 rings (SSSR count). The maximum absolute atomic E-state index is 13.3. The van der Waals surface area contributed by atoms with Crippen LogP contribution in [0.1, 0.15) is 28.0 Å². The summed E-state index contributed by atoms with van der Waals surface area (Å²) >= 11 is 3.26. The average Bonchev–Trinajstić information content (AvgIpc) is 3.08. The molecule has 0 spiro atoms. The van der Waals surface area contributed by atoms with E-state index in [4.69, 9.17) is 0 Å². The van der Waals surface area contributed by atoms with E-state index >= 15 is 0 Å². The smallest absolute Gasteiger partial charge is 0.338 e. The number of aryl methyl sites for hydroxylation is 2.